The number of likely N-dealkylation sites (tertiary alicyclic amines) is 1. The number of rotatable bonds is 4. The molecular formula is C13H14BrFN2O3. The van der Waals surface area contributed by atoms with Crippen molar-refractivity contribution < 1.29 is 14.1 Å². The Morgan fingerprint density at radius 1 is 1.55 bits per heavy atom. The molecule has 1 aromatic carbocycles. The van der Waals surface area contributed by atoms with Crippen molar-refractivity contribution in [3.63, 3.8) is 0 Å². The molecule has 2 rings (SSSR count). The number of nitro groups is 1. The van der Waals surface area contributed by atoms with Gasteiger partial charge in [-0.1, -0.05) is 15.9 Å². The molecule has 108 valence electrons. The van der Waals surface area contributed by atoms with Crippen LogP contribution in [0.4, 0.5) is 10.1 Å². The van der Waals surface area contributed by atoms with Crippen LogP contribution in [0.15, 0.2) is 18.2 Å². The van der Waals surface area contributed by atoms with Gasteiger partial charge in [0.05, 0.1) is 16.6 Å². The maximum atomic E-state index is 13.8. The summed E-state index contributed by atoms with van der Waals surface area (Å²) in [6, 6.07) is 3.13. The zero-order valence-electron chi connectivity index (χ0n) is 10.7. The number of non-ortho nitro benzene ring substituents is 1. The maximum absolute atomic E-state index is 13.8. The average Bonchev–Trinajstić information content (AvgIpc) is 2.87. The molecule has 1 saturated heterocycles. The molecule has 1 amide bonds. The predicted molar refractivity (Wildman–Crippen MR) is 75.5 cm³/mol. The van der Waals surface area contributed by atoms with Crippen LogP contribution in [0.25, 0.3) is 0 Å². The van der Waals surface area contributed by atoms with Gasteiger partial charge in [-0.15, -0.1) is 0 Å². The molecule has 1 fully saturated rings. The Labute approximate surface area is 124 Å². The highest BCUT2D eigenvalue weighted by molar-refractivity contribution is 9.09. The van der Waals surface area contributed by atoms with E-state index in [9.17, 15) is 19.3 Å². The maximum Gasteiger partial charge on any atom is 0.272 e. The second kappa shape index (κ2) is 6.30. The third kappa shape index (κ3) is 3.15. The van der Waals surface area contributed by atoms with Crippen molar-refractivity contribution >= 4 is 27.5 Å². The molecule has 1 unspecified atom stereocenters. The van der Waals surface area contributed by atoms with E-state index in [1.165, 1.54) is 6.07 Å². The van der Waals surface area contributed by atoms with E-state index in [4.69, 9.17) is 0 Å². The second-order valence-electron chi connectivity index (χ2n) is 4.80. The number of amides is 1. The number of carbonyl (C=O) groups is 1. The van der Waals surface area contributed by atoms with Gasteiger partial charge in [0.25, 0.3) is 11.6 Å². The molecule has 5 nitrogen and oxygen atoms in total. The van der Waals surface area contributed by atoms with Crippen molar-refractivity contribution in [3.05, 3.63) is 39.7 Å². The molecule has 0 radical (unpaired) electrons. The van der Waals surface area contributed by atoms with E-state index >= 15 is 0 Å². The highest BCUT2D eigenvalue weighted by Crippen LogP contribution is 2.24. The third-order valence-electron chi connectivity index (χ3n) is 3.48. The van der Waals surface area contributed by atoms with Crippen molar-refractivity contribution in [1.29, 1.82) is 0 Å². The topological polar surface area (TPSA) is 63.4 Å². The van der Waals surface area contributed by atoms with Gasteiger partial charge in [0.2, 0.25) is 0 Å². The molecule has 1 heterocycles. The number of hydrogen-bond acceptors (Lipinski definition) is 3. The van der Waals surface area contributed by atoms with Gasteiger partial charge in [-0.2, -0.15) is 0 Å². The molecule has 20 heavy (non-hydrogen) atoms. The van der Waals surface area contributed by atoms with Crippen molar-refractivity contribution in [2.45, 2.75) is 12.8 Å². The summed E-state index contributed by atoms with van der Waals surface area (Å²) in [5, 5.41) is 11.4. The lowest BCUT2D eigenvalue weighted by Gasteiger charge is -2.16. The molecule has 1 aliphatic heterocycles. The van der Waals surface area contributed by atoms with Gasteiger partial charge in [0.1, 0.15) is 5.82 Å². The van der Waals surface area contributed by atoms with Gasteiger partial charge in [0, 0.05) is 24.5 Å². The molecule has 0 N–H and O–H groups in total. The van der Waals surface area contributed by atoms with Gasteiger partial charge in [0.15, 0.2) is 0 Å². The first-order valence-electron chi connectivity index (χ1n) is 6.32. The Kier molecular flexibility index (Phi) is 4.69. The minimum absolute atomic E-state index is 0.102. The molecular weight excluding hydrogens is 331 g/mol. The minimum atomic E-state index is -0.840. The standard InChI is InChI=1S/C13H14BrFN2O3/c14-5-3-9-4-6-16(8-9)13(18)11-2-1-10(17(19)20)7-12(11)15/h1-2,7,9H,3-6,8H2. The Bertz CT molecular complexity index is 538. The summed E-state index contributed by atoms with van der Waals surface area (Å²) in [5.41, 5.74) is -0.451. The van der Waals surface area contributed by atoms with Crippen molar-refractivity contribution in [2.75, 3.05) is 18.4 Å². The Hall–Kier alpha value is -1.50. The van der Waals surface area contributed by atoms with E-state index in [1.54, 1.807) is 4.90 Å². The van der Waals surface area contributed by atoms with Crippen LogP contribution in [0.3, 0.4) is 0 Å². The molecule has 1 aliphatic rings. The number of halogens is 2. The molecule has 0 bridgehead atoms. The lowest BCUT2D eigenvalue weighted by molar-refractivity contribution is -0.385. The fourth-order valence-electron chi connectivity index (χ4n) is 2.37. The number of benzene rings is 1. The fourth-order valence-corrected chi connectivity index (χ4v) is 3.02. The van der Waals surface area contributed by atoms with Crippen LogP contribution in [0, 0.1) is 21.8 Å². The number of hydrogen-bond donors (Lipinski definition) is 0. The summed E-state index contributed by atoms with van der Waals surface area (Å²) in [4.78, 5) is 23.7. The van der Waals surface area contributed by atoms with Crippen LogP contribution in [0.1, 0.15) is 23.2 Å². The van der Waals surface area contributed by atoms with Crippen molar-refractivity contribution in [2.24, 2.45) is 5.92 Å². The summed E-state index contributed by atoms with van der Waals surface area (Å²) in [7, 11) is 0. The molecule has 0 aromatic heterocycles. The monoisotopic (exact) mass is 344 g/mol. The highest BCUT2D eigenvalue weighted by Gasteiger charge is 2.28. The molecule has 7 heteroatoms. The summed E-state index contributed by atoms with van der Waals surface area (Å²) in [5.74, 6) is -0.804. The predicted octanol–water partition coefficient (Wildman–Crippen LogP) is 2.98. The lowest BCUT2D eigenvalue weighted by atomic mass is 10.1. The zero-order valence-corrected chi connectivity index (χ0v) is 12.3. The van der Waals surface area contributed by atoms with E-state index in [1.807, 2.05) is 0 Å². The molecule has 0 saturated carbocycles. The van der Waals surface area contributed by atoms with Crippen LogP contribution >= 0.6 is 15.9 Å². The van der Waals surface area contributed by atoms with Crippen LogP contribution in [0.5, 0.6) is 0 Å². The Morgan fingerprint density at radius 2 is 2.30 bits per heavy atom. The number of carbonyl (C=O) groups excluding carboxylic acids is 1. The number of nitrogens with zero attached hydrogens (tertiary/aromatic N) is 2. The number of nitro benzene ring substituents is 1. The van der Waals surface area contributed by atoms with E-state index in [2.05, 4.69) is 15.9 Å². The molecule has 1 atom stereocenters. The quantitative estimate of drug-likeness (QED) is 0.479. The summed E-state index contributed by atoms with van der Waals surface area (Å²) in [6.07, 6.45) is 1.89. The van der Waals surface area contributed by atoms with Gasteiger partial charge < -0.3 is 4.90 Å². The summed E-state index contributed by atoms with van der Waals surface area (Å²) >= 11 is 3.37. The zero-order chi connectivity index (χ0) is 14.7. The van der Waals surface area contributed by atoms with Crippen LogP contribution < -0.4 is 0 Å². The SMILES string of the molecule is O=C(c1ccc([N+](=O)[O-])cc1F)N1CCC(CCBr)C1. The first-order valence-corrected chi connectivity index (χ1v) is 7.44. The second-order valence-corrected chi connectivity index (χ2v) is 5.60. The first-order chi connectivity index (χ1) is 9.52. The summed E-state index contributed by atoms with van der Waals surface area (Å²) < 4.78 is 13.8. The average molecular weight is 345 g/mol. The van der Waals surface area contributed by atoms with Crippen molar-refractivity contribution in [3.8, 4) is 0 Å². The smallest absolute Gasteiger partial charge is 0.272 e. The minimum Gasteiger partial charge on any atom is -0.338 e. The van der Waals surface area contributed by atoms with E-state index in [0.29, 0.717) is 19.0 Å². The Balaban J connectivity index is 2.12. The van der Waals surface area contributed by atoms with E-state index < -0.39 is 16.6 Å². The molecule has 0 aliphatic carbocycles. The first kappa shape index (κ1) is 14.9. The molecule has 1 aromatic rings. The van der Waals surface area contributed by atoms with E-state index in [0.717, 1.165) is 30.3 Å². The summed E-state index contributed by atoms with van der Waals surface area (Å²) in [6.45, 7) is 1.22. The van der Waals surface area contributed by atoms with Crippen LogP contribution in [-0.2, 0) is 0 Å². The molecule has 0 spiro atoms. The van der Waals surface area contributed by atoms with Gasteiger partial charge in [-0.05, 0) is 24.8 Å². The van der Waals surface area contributed by atoms with Gasteiger partial charge in [-0.3, -0.25) is 14.9 Å². The lowest BCUT2D eigenvalue weighted by Crippen LogP contribution is -2.29. The van der Waals surface area contributed by atoms with Crippen molar-refractivity contribution in [1.82, 2.24) is 4.90 Å². The van der Waals surface area contributed by atoms with E-state index in [-0.39, 0.29) is 11.3 Å². The normalized spacial score (nSPS) is 18.3. The largest absolute Gasteiger partial charge is 0.338 e. The number of alkyl halides is 1. The van der Waals surface area contributed by atoms with Gasteiger partial charge >= 0.3 is 0 Å². The third-order valence-corrected chi connectivity index (χ3v) is 3.94. The van der Waals surface area contributed by atoms with Crippen LogP contribution in [0.2, 0.25) is 0 Å². The Morgan fingerprint density at radius 3 is 2.90 bits per heavy atom. The van der Waals surface area contributed by atoms with Crippen LogP contribution in [-0.4, -0.2) is 34.2 Å². The van der Waals surface area contributed by atoms with Gasteiger partial charge in [-0.25, -0.2) is 4.39 Å². The fraction of sp³-hybridized carbons (Fsp3) is 0.462. The highest BCUT2D eigenvalue weighted by atomic mass is 79.9.